The number of hydrogen-bond donors (Lipinski definition) is 0. The Morgan fingerprint density at radius 3 is 2.30 bits per heavy atom. The summed E-state index contributed by atoms with van der Waals surface area (Å²) in [6.07, 6.45) is 2.06. The molecular weight excluding hydrogens is 139 g/mol. The third kappa shape index (κ3) is 1.97. The molecular formula is C9H11P. The van der Waals surface area contributed by atoms with E-state index in [4.69, 9.17) is 0 Å². The first kappa shape index (κ1) is 7.50. The fourth-order valence-electron chi connectivity index (χ4n) is 0.789. The summed E-state index contributed by atoms with van der Waals surface area (Å²) >= 11 is 0. The highest BCUT2D eigenvalue weighted by Crippen LogP contribution is 2.05. The maximum absolute atomic E-state index is 2.56. The van der Waals surface area contributed by atoms with E-state index in [1.54, 1.807) is 0 Å². The Morgan fingerprint density at radius 2 is 1.80 bits per heavy atom. The van der Waals surface area contributed by atoms with Crippen LogP contribution in [0.25, 0.3) is 6.08 Å². The Kier molecular flexibility index (Phi) is 2.65. The predicted octanol–water partition coefficient (Wildman–Crippen LogP) is 2.84. The molecule has 0 heterocycles. The summed E-state index contributed by atoms with van der Waals surface area (Å²) in [5.74, 6) is 1.96. The lowest BCUT2D eigenvalue weighted by atomic mass is 10.2. The molecule has 10 heavy (non-hydrogen) atoms. The van der Waals surface area contributed by atoms with Crippen molar-refractivity contribution in [2.75, 3.05) is 0 Å². The van der Waals surface area contributed by atoms with Crippen LogP contribution in [0.1, 0.15) is 11.1 Å². The number of benzene rings is 1. The van der Waals surface area contributed by atoms with Crippen LogP contribution in [0.5, 0.6) is 0 Å². The van der Waals surface area contributed by atoms with Gasteiger partial charge in [0.25, 0.3) is 0 Å². The van der Waals surface area contributed by atoms with Gasteiger partial charge in [0.2, 0.25) is 0 Å². The summed E-state index contributed by atoms with van der Waals surface area (Å²) in [7, 11) is 2.56. The third-order valence-electron chi connectivity index (χ3n) is 1.37. The molecule has 0 amide bonds. The van der Waals surface area contributed by atoms with Crippen LogP contribution >= 0.6 is 9.24 Å². The van der Waals surface area contributed by atoms with E-state index in [2.05, 4.69) is 46.5 Å². The van der Waals surface area contributed by atoms with E-state index in [0.29, 0.717) is 0 Å². The SMILES string of the molecule is Cc1ccc(/C=C/P)cc1. The first-order valence-corrected chi connectivity index (χ1v) is 3.94. The average molecular weight is 150 g/mol. The first-order chi connectivity index (χ1) is 4.83. The second-order valence-electron chi connectivity index (χ2n) is 2.27. The second kappa shape index (κ2) is 3.53. The van der Waals surface area contributed by atoms with Gasteiger partial charge in [0.05, 0.1) is 0 Å². The van der Waals surface area contributed by atoms with Crippen molar-refractivity contribution in [3.8, 4) is 0 Å². The Hall–Kier alpha value is -0.610. The zero-order chi connectivity index (χ0) is 7.40. The highest BCUT2D eigenvalue weighted by Gasteiger charge is 1.83. The Labute approximate surface area is 64.2 Å². The lowest BCUT2D eigenvalue weighted by Crippen LogP contribution is -1.71. The van der Waals surface area contributed by atoms with Gasteiger partial charge in [0.15, 0.2) is 0 Å². The van der Waals surface area contributed by atoms with Gasteiger partial charge in [-0.05, 0) is 12.5 Å². The van der Waals surface area contributed by atoms with E-state index in [-0.39, 0.29) is 0 Å². The summed E-state index contributed by atoms with van der Waals surface area (Å²) in [5, 5.41) is 0. The zero-order valence-corrected chi connectivity index (χ0v) is 7.20. The van der Waals surface area contributed by atoms with E-state index < -0.39 is 0 Å². The van der Waals surface area contributed by atoms with E-state index in [9.17, 15) is 0 Å². The summed E-state index contributed by atoms with van der Waals surface area (Å²) < 4.78 is 0. The molecule has 0 saturated carbocycles. The minimum atomic E-state index is 1.25. The average Bonchev–Trinajstić information content (AvgIpc) is 1.95. The van der Waals surface area contributed by atoms with Crippen LogP contribution in [0.2, 0.25) is 0 Å². The summed E-state index contributed by atoms with van der Waals surface area (Å²) in [6.45, 7) is 2.09. The van der Waals surface area contributed by atoms with E-state index >= 15 is 0 Å². The van der Waals surface area contributed by atoms with Crippen LogP contribution in [0.4, 0.5) is 0 Å². The highest BCUT2D eigenvalue weighted by atomic mass is 31.0. The fourth-order valence-corrected chi connectivity index (χ4v) is 1.01. The number of rotatable bonds is 1. The summed E-state index contributed by atoms with van der Waals surface area (Å²) in [6, 6.07) is 8.44. The molecule has 1 atom stereocenters. The van der Waals surface area contributed by atoms with Crippen LogP contribution in [0, 0.1) is 6.92 Å². The zero-order valence-electron chi connectivity index (χ0n) is 6.04. The molecule has 0 fully saturated rings. The molecule has 1 heteroatoms. The summed E-state index contributed by atoms with van der Waals surface area (Å²) in [5.41, 5.74) is 2.56. The Balaban J connectivity index is 2.89. The van der Waals surface area contributed by atoms with Crippen LogP contribution in [-0.2, 0) is 0 Å². The number of aryl methyl sites for hydroxylation is 1. The molecule has 1 rings (SSSR count). The van der Waals surface area contributed by atoms with Gasteiger partial charge in [-0.3, -0.25) is 0 Å². The molecule has 0 nitrogen and oxygen atoms in total. The Bertz CT molecular complexity index is 221. The van der Waals surface area contributed by atoms with Crippen molar-refractivity contribution in [3.05, 3.63) is 41.2 Å². The standard InChI is InChI=1S/C9H11P/c1-8-2-4-9(5-3-8)6-7-10/h2-7H,10H2,1H3/b7-6+. The maximum atomic E-state index is 2.56. The van der Waals surface area contributed by atoms with E-state index in [0.717, 1.165) is 0 Å². The molecule has 0 spiro atoms. The maximum Gasteiger partial charge on any atom is -0.0256 e. The molecule has 52 valence electrons. The van der Waals surface area contributed by atoms with Crippen molar-refractivity contribution < 1.29 is 0 Å². The minimum absolute atomic E-state index is 1.25. The fraction of sp³-hybridized carbons (Fsp3) is 0.111. The monoisotopic (exact) mass is 150 g/mol. The predicted molar refractivity (Wildman–Crippen MR) is 49.9 cm³/mol. The lowest BCUT2D eigenvalue weighted by Gasteiger charge is -1.92. The van der Waals surface area contributed by atoms with Gasteiger partial charge in [-0.1, -0.05) is 41.7 Å². The third-order valence-corrected chi connectivity index (χ3v) is 1.56. The smallest absolute Gasteiger partial charge is 0.0256 e. The molecule has 0 aliphatic heterocycles. The molecule has 0 N–H and O–H groups in total. The molecule has 0 aliphatic carbocycles. The normalized spacial score (nSPS) is 10.6. The first-order valence-electron chi connectivity index (χ1n) is 3.28. The topological polar surface area (TPSA) is 0 Å². The van der Waals surface area contributed by atoms with Gasteiger partial charge >= 0.3 is 0 Å². The van der Waals surface area contributed by atoms with Crippen molar-refractivity contribution in [2.45, 2.75) is 6.92 Å². The second-order valence-corrected chi connectivity index (χ2v) is 2.65. The summed E-state index contributed by atoms with van der Waals surface area (Å²) in [4.78, 5) is 0. The molecule has 1 aromatic carbocycles. The molecule has 0 radical (unpaired) electrons. The van der Waals surface area contributed by atoms with Gasteiger partial charge in [0, 0.05) is 0 Å². The van der Waals surface area contributed by atoms with Gasteiger partial charge in [0.1, 0.15) is 0 Å². The van der Waals surface area contributed by atoms with Gasteiger partial charge in [-0.15, -0.1) is 9.24 Å². The highest BCUT2D eigenvalue weighted by molar-refractivity contribution is 7.21. The molecule has 0 saturated heterocycles. The minimum Gasteiger partial charge on any atom is -0.114 e. The number of hydrogen-bond acceptors (Lipinski definition) is 0. The van der Waals surface area contributed by atoms with Crippen LogP contribution < -0.4 is 0 Å². The van der Waals surface area contributed by atoms with Crippen LogP contribution in [0.15, 0.2) is 30.1 Å². The van der Waals surface area contributed by atoms with Crippen LogP contribution in [0.3, 0.4) is 0 Å². The van der Waals surface area contributed by atoms with Crippen molar-refractivity contribution in [1.82, 2.24) is 0 Å². The van der Waals surface area contributed by atoms with Crippen molar-refractivity contribution in [2.24, 2.45) is 0 Å². The van der Waals surface area contributed by atoms with Crippen molar-refractivity contribution >= 4 is 15.3 Å². The Morgan fingerprint density at radius 1 is 1.20 bits per heavy atom. The van der Waals surface area contributed by atoms with Crippen molar-refractivity contribution in [1.29, 1.82) is 0 Å². The largest absolute Gasteiger partial charge is 0.114 e. The molecule has 1 unspecified atom stereocenters. The van der Waals surface area contributed by atoms with Crippen molar-refractivity contribution in [3.63, 3.8) is 0 Å². The lowest BCUT2D eigenvalue weighted by molar-refractivity contribution is 1.46. The van der Waals surface area contributed by atoms with E-state index in [1.807, 2.05) is 5.82 Å². The molecule has 0 aliphatic rings. The van der Waals surface area contributed by atoms with Gasteiger partial charge < -0.3 is 0 Å². The molecule has 1 aromatic rings. The molecule has 0 bridgehead atoms. The van der Waals surface area contributed by atoms with Gasteiger partial charge in [-0.2, -0.15) is 0 Å². The quantitative estimate of drug-likeness (QED) is 0.540. The van der Waals surface area contributed by atoms with Gasteiger partial charge in [-0.25, -0.2) is 0 Å². The molecule has 0 aromatic heterocycles. The van der Waals surface area contributed by atoms with E-state index in [1.165, 1.54) is 11.1 Å². The van der Waals surface area contributed by atoms with Crippen LogP contribution in [-0.4, -0.2) is 0 Å².